The fourth-order valence-electron chi connectivity index (χ4n) is 5.09. The van der Waals surface area contributed by atoms with Crippen LogP contribution in [0.4, 0.5) is 0 Å². The van der Waals surface area contributed by atoms with Crippen LogP contribution in [0.3, 0.4) is 0 Å². The molecule has 2 aliphatic rings. The fraction of sp³-hybridized carbons (Fsp3) is 0.222. The normalized spacial score (nSPS) is 16.1. The van der Waals surface area contributed by atoms with Gasteiger partial charge in [-0.1, -0.05) is 72.3 Å². The van der Waals surface area contributed by atoms with E-state index in [-0.39, 0.29) is 11.3 Å². The molecular weight excluding hydrogens is 354 g/mol. The van der Waals surface area contributed by atoms with Gasteiger partial charge in [-0.25, -0.2) is 0 Å². The van der Waals surface area contributed by atoms with Gasteiger partial charge in [0.1, 0.15) is 0 Å². The van der Waals surface area contributed by atoms with Crippen LogP contribution in [0.15, 0.2) is 78.4 Å². The number of nitrogens with one attached hydrogen (secondary N) is 1. The first-order valence-corrected chi connectivity index (χ1v) is 10.3. The minimum Gasteiger partial charge on any atom is -0.355 e. The van der Waals surface area contributed by atoms with E-state index in [0.717, 1.165) is 25.7 Å². The molecule has 2 aliphatic carbocycles. The van der Waals surface area contributed by atoms with Crippen molar-refractivity contribution < 1.29 is 4.79 Å². The lowest BCUT2D eigenvalue weighted by Gasteiger charge is -2.31. The first kappa shape index (κ1) is 17.9. The molecule has 0 unspecified atom stereocenters. The third kappa shape index (κ3) is 3.19. The second-order valence-electron chi connectivity index (χ2n) is 8.40. The SMILES string of the molecule is CNC(=O)c1ccc(CC2(C3=Cc4ccccc4C3)Cc3ccccc3C2)cc1. The fourth-order valence-corrected chi connectivity index (χ4v) is 5.09. The molecule has 0 atom stereocenters. The van der Waals surface area contributed by atoms with Gasteiger partial charge in [0.2, 0.25) is 0 Å². The van der Waals surface area contributed by atoms with Crippen LogP contribution >= 0.6 is 0 Å². The molecule has 3 aromatic rings. The molecule has 2 heteroatoms. The highest BCUT2D eigenvalue weighted by molar-refractivity contribution is 5.93. The van der Waals surface area contributed by atoms with Gasteiger partial charge >= 0.3 is 0 Å². The molecule has 0 aliphatic heterocycles. The van der Waals surface area contributed by atoms with Crippen LogP contribution in [0.25, 0.3) is 6.08 Å². The van der Waals surface area contributed by atoms with E-state index < -0.39 is 0 Å². The lowest BCUT2D eigenvalue weighted by Crippen LogP contribution is -2.27. The third-order valence-corrected chi connectivity index (χ3v) is 6.61. The van der Waals surface area contributed by atoms with Crippen molar-refractivity contribution in [1.82, 2.24) is 5.32 Å². The van der Waals surface area contributed by atoms with Crippen LogP contribution < -0.4 is 5.32 Å². The summed E-state index contributed by atoms with van der Waals surface area (Å²) in [5, 5.41) is 2.70. The highest BCUT2D eigenvalue weighted by atomic mass is 16.1. The molecule has 0 fully saturated rings. The molecule has 0 aromatic heterocycles. The molecule has 3 aromatic carbocycles. The molecule has 0 spiro atoms. The zero-order valence-corrected chi connectivity index (χ0v) is 16.7. The van der Waals surface area contributed by atoms with Gasteiger partial charge in [-0.3, -0.25) is 4.79 Å². The van der Waals surface area contributed by atoms with Gasteiger partial charge in [0, 0.05) is 18.0 Å². The van der Waals surface area contributed by atoms with Crippen molar-refractivity contribution in [1.29, 1.82) is 0 Å². The standard InChI is InChI=1S/C27H25NO/c1-28-26(29)20-12-10-19(11-13-20)16-27(17-23-8-4-5-9-24(23)18-27)25-14-21-6-2-3-7-22(21)15-25/h2-14H,15-18H2,1H3,(H,28,29). The summed E-state index contributed by atoms with van der Waals surface area (Å²) in [6.45, 7) is 0. The number of fused-ring (bicyclic) bond motifs is 2. The van der Waals surface area contributed by atoms with Crippen LogP contribution in [0.5, 0.6) is 0 Å². The number of carbonyl (C=O) groups is 1. The van der Waals surface area contributed by atoms with Crippen LogP contribution in [-0.4, -0.2) is 13.0 Å². The number of allylic oxidation sites excluding steroid dienone is 1. The van der Waals surface area contributed by atoms with Crippen LogP contribution in [0.1, 0.15) is 38.2 Å². The number of benzene rings is 3. The van der Waals surface area contributed by atoms with E-state index >= 15 is 0 Å². The lowest BCUT2D eigenvalue weighted by atomic mass is 9.72. The topological polar surface area (TPSA) is 29.1 Å². The summed E-state index contributed by atoms with van der Waals surface area (Å²) < 4.78 is 0. The number of carbonyl (C=O) groups excluding carboxylic acids is 1. The Morgan fingerprint density at radius 1 is 0.862 bits per heavy atom. The minimum atomic E-state index is -0.0338. The van der Waals surface area contributed by atoms with Gasteiger partial charge in [0.25, 0.3) is 5.91 Å². The number of rotatable bonds is 4. The van der Waals surface area contributed by atoms with Crippen molar-refractivity contribution in [2.75, 3.05) is 7.05 Å². The number of amides is 1. The van der Waals surface area contributed by atoms with Crippen LogP contribution in [-0.2, 0) is 25.7 Å². The van der Waals surface area contributed by atoms with Crippen molar-refractivity contribution in [2.45, 2.75) is 25.7 Å². The summed E-state index contributed by atoms with van der Waals surface area (Å²) in [6.07, 6.45) is 6.64. The van der Waals surface area contributed by atoms with Gasteiger partial charge in [-0.05, 0) is 65.6 Å². The molecule has 1 N–H and O–H groups in total. The maximum absolute atomic E-state index is 11.9. The smallest absolute Gasteiger partial charge is 0.251 e. The maximum atomic E-state index is 11.9. The van der Waals surface area contributed by atoms with Gasteiger partial charge in [0.15, 0.2) is 0 Å². The average Bonchev–Trinajstić information content (AvgIpc) is 3.36. The predicted octanol–water partition coefficient (Wildman–Crippen LogP) is 5.01. The van der Waals surface area contributed by atoms with Gasteiger partial charge in [-0.15, -0.1) is 0 Å². The highest BCUT2D eigenvalue weighted by Crippen LogP contribution is 2.48. The third-order valence-electron chi connectivity index (χ3n) is 6.61. The van der Waals surface area contributed by atoms with Crippen molar-refractivity contribution in [2.24, 2.45) is 5.41 Å². The second kappa shape index (κ2) is 7.04. The van der Waals surface area contributed by atoms with Crippen molar-refractivity contribution in [3.8, 4) is 0 Å². The first-order chi connectivity index (χ1) is 14.2. The Morgan fingerprint density at radius 2 is 1.48 bits per heavy atom. The average molecular weight is 380 g/mol. The predicted molar refractivity (Wildman–Crippen MR) is 118 cm³/mol. The van der Waals surface area contributed by atoms with E-state index in [1.54, 1.807) is 12.6 Å². The van der Waals surface area contributed by atoms with Crippen molar-refractivity contribution in [3.05, 3.63) is 112 Å². The molecule has 1 amide bonds. The molecule has 2 nitrogen and oxygen atoms in total. The van der Waals surface area contributed by atoms with E-state index in [2.05, 4.69) is 72.1 Å². The van der Waals surface area contributed by atoms with E-state index in [0.29, 0.717) is 5.56 Å². The zero-order valence-electron chi connectivity index (χ0n) is 16.7. The maximum Gasteiger partial charge on any atom is 0.251 e. The molecule has 0 saturated heterocycles. The molecule has 144 valence electrons. The van der Waals surface area contributed by atoms with E-state index in [1.165, 1.54) is 27.8 Å². The summed E-state index contributed by atoms with van der Waals surface area (Å²) in [7, 11) is 1.67. The Balaban J connectivity index is 1.50. The Kier molecular flexibility index (Phi) is 4.35. The van der Waals surface area contributed by atoms with Crippen molar-refractivity contribution in [3.63, 3.8) is 0 Å². The molecule has 29 heavy (non-hydrogen) atoms. The van der Waals surface area contributed by atoms with Crippen molar-refractivity contribution >= 4 is 12.0 Å². The summed E-state index contributed by atoms with van der Waals surface area (Å²) in [6, 6.07) is 25.8. The Labute approximate surface area is 172 Å². The minimum absolute atomic E-state index is 0.0338. The van der Waals surface area contributed by atoms with E-state index in [4.69, 9.17) is 0 Å². The van der Waals surface area contributed by atoms with Crippen LogP contribution in [0, 0.1) is 5.41 Å². The summed E-state index contributed by atoms with van der Waals surface area (Å²) >= 11 is 0. The Bertz CT molecular complexity index is 1080. The molecule has 0 saturated carbocycles. The van der Waals surface area contributed by atoms with Crippen LogP contribution in [0.2, 0.25) is 0 Å². The molecule has 5 rings (SSSR count). The molecule has 0 heterocycles. The second-order valence-corrected chi connectivity index (χ2v) is 8.40. The lowest BCUT2D eigenvalue weighted by molar-refractivity contribution is 0.0963. The summed E-state index contributed by atoms with van der Waals surface area (Å²) in [4.78, 5) is 11.9. The molecule has 0 radical (unpaired) electrons. The first-order valence-electron chi connectivity index (χ1n) is 10.3. The van der Waals surface area contributed by atoms with E-state index in [9.17, 15) is 4.79 Å². The number of hydrogen-bond donors (Lipinski definition) is 1. The summed E-state index contributed by atoms with van der Waals surface area (Å²) in [5.74, 6) is -0.0338. The quantitative estimate of drug-likeness (QED) is 0.678. The Hall–Kier alpha value is -3.13. The van der Waals surface area contributed by atoms with Gasteiger partial charge in [-0.2, -0.15) is 0 Å². The van der Waals surface area contributed by atoms with Gasteiger partial charge < -0.3 is 5.32 Å². The summed E-state index contributed by atoms with van der Waals surface area (Å²) in [5.41, 5.74) is 9.43. The molecular formula is C27H25NO. The largest absolute Gasteiger partial charge is 0.355 e. The number of hydrogen-bond acceptors (Lipinski definition) is 1. The Morgan fingerprint density at radius 3 is 2.10 bits per heavy atom. The van der Waals surface area contributed by atoms with Gasteiger partial charge in [0.05, 0.1) is 0 Å². The van der Waals surface area contributed by atoms with E-state index in [1.807, 2.05) is 12.1 Å². The molecule has 0 bridgehead atoms. The monoisotopic (exact) mass is 379 g/mol. The highest BCUT2D eigenvalue weighted by Gasteiger charge is 2.41. The zero-order chi connectivity index (χ0) is 19.8.